The molecule has 0 fully saturated rings. The SMILES string of the molecule is COc1ccc2c3c1O[C@H]1C[C@@H](OC(=O)c4ccc(C(C)(C)C)cc4)C=C[C@@]31CCN(C)C2. The highest BCUT2D eigenvalue weighted by molar-refractivity contribution is 5.89. The first-order chi connectivity index (χ1) is 15.7. The average molecular weight is 448 g/mol. The van der Waals surface area contributed by atoms with Gasteiger partial charge in [-0.2, -0.15) is 0 Å². The van der Waals surface area contributed by atoms with Crippen LogP contribution < -0.4 is 9.47 Å². The molecule has 0 saturated carbocycles. The number of esters is 1. The highest BCUT2D eigenvalue weighted by Crippen LogP contribution is 2.55. The Morgan fingerprint density at radius 2 is 1.91 bits per heavy atom. The molecule has 5 rings (SSSR count). The van der Waals surface area contributed by atoms with Crippen molar-refractivity contribution in [2.24, 2.45) is 0 Å². The van der Waals surface area contributed by atoms with Crippen molar-refractivity contribution in [2.75, 3.05) is 20.7 Å². The number of rotatable bonds is 3. The van der Waals surface area contributed by atoms with E-state index >= 15 is 0 Å². The third kappa shape index (κ3) is 3.72. The van der Waals surface area contributed by atoms with E-state index < -0.39 is 0 Å². The normalized spacial score (nSPS) is 26.1. The minimum atomic E-state index is -0.319. The topological polar surface area (TPSA) is 48.0 Å². The van der Waals surface area contributed by atoms with Crippen LogP contribution in [-0.2, 0) is 22.1 Å². The lowest BCUT2D eigenvalue weighted by atomic mass is 9.69. The summed E-state index contributed by atoms with van der Waals surface area (Å²) in [6.45, 7) is 8.35. The highest BCUT2D eigenvalue weighted by atomic mass is 16.6. The number of carbonyl (C=O) groups excluding carboxylic acids is 1. The zero-order valence-corrected chi connectivity index (χ0v) is 20.2. The molecule has 2 aliphatic heterocycles. The molecule has 5 heteroatoms. The van der Waals surface area contributed by atoms with Crippen LogP contribution in [0.15, 0.2) is 48.6 Å². The summed E-state index contributed by atoms with van der Waals surface area (Å²) in [7, 11) is 3.84. The second kappa shape index (κ2) is 7.91. The van der Waals surface area contributed by atoms with Crippen molar-refractivity contribution in [3.8, 4) is 11.5 Å². The lowest BCUT2D eigenvalue weighted by molar-refractivity contribution is 0.0218. The van der Waals surface area contributed by atoms with Crippen molar-refractivity contribution in [2.45, 2.75) is 63.2 Å². The second-order valence-electron chi connectivity index (χ2n) is 10.6. The van der Waals surface area contributed by atoms with Crippen LogP contribution in [0.25, 0.3) is 0 Å². The van der Waals surface area contributed by atoms with Gasteiger partial charge in [-0.05, 0) is 60.8 Å². The van der Waals surface area contributed by atoms with E-state index in [2.05, 4.69) is 50.9 Å². The van der Waals surface area contributed by atoms with Crippen LogP contribution in [0.2, 0.25) is 0 Å². The molecule has 33 heavy (non-hydrogen) atoms. The minimum absolute atomic E-state index is 0.0460. The zero-order valence-electron chi connectivity index (χ0n) is 20.2. The van der Waals surface area contributed by atoms with Gasteiger partial charge in [0.25, 0.3) is 0 Å². The third-order valence-corrected chi connectivity index (χ3v) is 7.38. The summed E-state index contributed by atoms with van der Waals surface area (Å²) in [5.74, 6) is 1.33. The van der Waals surface area contributed by atoms with Gasteiger partial charge >= 0.3 is 5.97 Å². The molecule has 0 amide bonds. The fourth-order valence-electron chi connectivity index (χ4n) is 5.46. The molecular weight excluding hydrogens is 414 g/mol. The summed E-state index contributed by atoms with van der Waals surface area (Å²) in [4.78, 5) is 15.2. The van der Waals surface area contributed by atoms with E-state index in [9.17, 15) is 4.79 Å². The maximum Gasteiger partial charge on any atom is 0.338 e. The first-order valence-corrected chi connectivity index (χ1v) is 11.8. The van der Waals surface area contributed by atoms with Gasteiger partial charge in [0.05, 0.1) is 18.1 Å². The predicted octanol–water partition coefficient (Wildman–Crippen LogP) is 5.01. The van der Waals surface area contributed by atoms with E-state index in [1.165, 1.54) is 16.7 Å². The molecule has 2 heterocycles. The Kier molecular flexibility index (Phi) is 5.28. The maximum atomic E-state index is 12.9. The molecule has 2 aromatic rings. The lowest BCUT2D eigenvalue weighted by Crippen LogP contribution is -2.43. The van der Waals surface area contributed by atoms with Crippen LogP contribution in [0.1, 0.15) is 60.7 Å². The Balaban J connectivity index is 1.40. The average Bonchev–Trinajstić information content (AvgIpc) is 3.04. The smallest absolute Gasteiger partial charge is 0.338 e. The number of hydrogen-bond acceptors (Lipinski definition) is 5. The summed E-state index contributed by atoms with van der Waals surface area (Å²) in [5, 5.41) is 0. The minimum Gasteiger partial charge on any atom is -0.493 e. The van der Waals surface area contributed by atoms with Crippen molar-refractivity contribution < 1.29 is 19.0 Å². The van der Waals surface area contributed by atoms with E-state index in [1.807, 2.05) is 30.3 Å². The summed E-state index contributed by atoms with van der Waals surface area (Å²) in [6, 6.07) is 11.9. The Morgan fingerprint density at radius 3 is 2.61 bits per heavy atom. The van der Waals surface area contributed by atoms with Gasteiger partial charge in [0, 0.05) is 18.5 Å². The Hall–Kier alpha value is -2.79. The fourth-order valence-corrected chi connectivity index (χ4v) is 5.46. The first kappa shape index (κ1) is 22.0. The summed E-state index contributed by atoms with van der Waals surface area (Å²) >= 11 is 0. The van der Waals surface area contributed by atoms with E-state index in [1.54, 1.807) is 7.11 Å². The van der Waals surface area contributed by atoms with Gasteiger partial charge in [0.1, 0.15) is 12.2 Å². The molecule has 0 N–H and O–H groups in total. The molecule has 1 aliphatic carbocycles. The van der Waals surface area contributed by atoms with Crippen LogP contribution in [0.3, 0.4) is 0 Å². The van der Waals surface area contributed by atoms with Gasteiger partial charge in [-0.15, -0.1) is 0 Å². The van der Waals surface area contributed by atoms with Crippen molar-refractivity contribution in [3.63, 3.8) is 0 Å². The molecule has 0 bridgehead atoms. The van der Waals surface area contributed by atoms with Gasteiger partial charge < -0.3 is 19.1 Å². The summed E-state index contributed by atoms with van der Waals surface area (Å²) in [5.41, 5.74) is 4.14. The molecule has 5 nitrogen and oxygen atoms in total. The Bertz CT molecular complexity index is 1100. The molecular formula is C28H33NO4. The zero-order chi connectivity index (χ0) is 23.4. The van der Waals surface area contributed by atoms with Gasteiger partial charge in [-0.25, -0.2) is 4.79 Å². The molecule has 0 radical (unpaired) electrons. The third-order valence-electron chi connectivity index (χ3n) is 7.38. The van der Waals surface area contributed by atoms with Crippen molar-refractivity contribution in [3.05, 3.63) is 70.8 Å². The summed E-state index contributed by atoms with van der Waals surface area (Å²) in [6.07, 6.45) is 5.48. The largest absolute Gasteiger partial charge is 0.493 e. The standard InChI is InChI=1S/C28H33NO4/c1-27(2,3)20-9-6-18(7-10-20)26(30)32-21-12-13-28-14-15-29(4)17-19-8-11-22(31-5)25(24(19)28)33-23(28)16-21/h6-13,21,23H,14-17H2,1-5H3/t21-,23-,28-/m0/s1. The predicted molar refractivity (Wildman–Crippen MR) is 128 cm³/mol. The van der Waals surface area contributed by atoms with Gasteiger partial charge in [-0.3, -0.25) is 0 Å². The molecule has 2 aromatic carbocycles. The highest BCUT2D eigenvalue weighted by Gasteiger charge is 2.53. The molecule has 0 aromatic heterocycles. The monoisotopic (exact) mass is 447 g/mol. The molecule has 174 valence electrons. The van der Waals surface area contributed by atoms with Gasteiger partial charge in [0.15, 0.2) is 11.5 Å². The molecule has 0 unspecified atom stereocenters. The van der Waals surface area contributed by atoms with Crippen molar-refractivity contribution >= 4 is 5.97 Å². The van der Waals surface area contributed by atoms with Crippen molar-refractivity contribution in [1.29, 1.82) is 0 Å². The van der Waals surface area contributed by atoms with Gasteiger partial charge in [-0.1, -0.05) is 45.0 Å². The van der Waals surface area contributed by atoms with Crippen LogP contribution in [0.5, 0.6) is 11.5 Å². The molecule has 3 atom stereocenters. The van der Waals surface area contributed by atoms with Crippen LogP contribution in [-0.4, -0.2) is 43.8 Å². The quantitative estimate of drug-likeness (QED) is 0.489. The van der Waals surface area contributed by atoms with Crippen LogP contribution in [0.4, 0.5) is 0 Å². The maximum absolute atomic E-state index is 12.9. The van der Waals surface area contributed by atoms with Crippen LogP contribution in [0, 0.1) is 0 Å². The van der Waals surface area contributed by atoms with E-state index in [4.69, 9.17) is 14.2 Å². The number of methoxy groups -OCH3 is 1. The number of carbonyl (C=O) groups is 1. The van der Waals surface area contributed by atoms with Crippen LogP contribution >= 0.6 is 0 Å². The summed E-state index contributed by atoms with van der Waals surface area (Å²) < 4.78 is 18.1. The van der Waals surface area contributed by atoms with E-state index in [0.717, 1.165) is 31.0 Å². The number of benzene rings is 2. The Morgan fingerprint density at radius 1 is 1.15 bits per heavy atom. The van der Waals surface area contributed by atoms with Gasteiger partial charge in [0.2, 0.25) is 0 Å². The van der Waals surface area contributed by atoms with Crippen molar-refractivity contribution in [1.82, 2.24) is 4.90 Å². The number of hydrogen-bond donors (Lipinski definition) is 0. The second-order valence-corrected chi connectivity index (χ2v) is 10.6. The van der Waals surface area contributed by atoms with E-state index in [0.29, 0.717) is 12.0 Å². The molecule has 0 saturated heterocycles. The molecule has 1 spiro atoms. The lowest BCUT2D eigenvalue weighted by Gasteiger charge is -2.36. The molecule has 3 aliphatic rings. The van der Waals surface area contributed by atoms with E-state index in [-0.39, 0.29) is 29.0 Å². The number of nitrogens with zero attached hydrogens (tertiary/aromatic N) is 1. The number of ether oxygens (including phenoxy) is 3. The first-order valence-electron chi connectivity index (χ1n) is 11.8. The fraction of sp³-hybridized carbons (Fsp3) is 0.464. The Labute approximate surface area is 196 Å².